The van der Waals surface area contributed by atoms with E-state index in [9.17, 15) is 5.11 Å². The summed E-state index contributed by atoms with van der Waals surface area (Å²) in [6.07, 6.45) is 0.955. The average molecular weight is 336 g/mol. The number of aliphatic hydroxyl groups excluding tert-OH is 1. The molecule has 2 heterocycles. The first-order chi connectivity index (χ1) is 12.1. The van der Waals surface area contributed by atoms with Crippen LogP contribution >= 0.6 is 0 Å². The first kappa shape index (κ1) is 16.6. The molecule has 0 aliphatic carbocycles. The van der Waals surface area contributed by atoms with Crippen molar-refractivity contribution in [2.45, 2.75) is 32.9 Å². The average Bonchev–Trinajstić information content (AvgIpc) is 2.89. The van der Waals surface area contributed by atoms with Crippen LogP contribution in [0.3, 0.4) is 0 Å². The third-order valence-electron chi connectivity index (χ3n) is 5.49. The minimum absolute atomic E-state index is 0.350. The van der Waals surface area contributed by atoms with Crippen LogP contribution in [0.15, 0.2) is 48.5 Å². The van der Waals surface area contributed by atoms with Gasteiger partial charge in [-0.05, 0) is 30.4 Å². The van der Waals surface area contributed by atoms with E-state index in [1.165, 1.54) is 28.2 Å². The molecular formula is C22H28N2O. The topological polar surface area (TPSA) is 28.4 Å². The van der Waals surface area contributed by atoms with Gasteiger partial charge in [-0.25, -0.2) is 0 Å². The maximum Gasteiger partial charge on any atom is 0.0845 e. The Balaban J connectivity index is 1.59. The Morgan fingerprint density at radius 2 is 1.40 bits per heavy atom. The van der Waals surface area contributed by atoms with Gasteiger partial charge >= 0.3 is 0 Å². The zero-order valence-electron chi connectivity index (χ0n) is 15.2. The molecule has 0 saturated carbocycles. The van der Waals surface area contributed by atoms with Crippen molar-refractivity contribution in [1.82, 2.24) is 9.47 Å². The second-order valence-electron chi connectivity index (χ2n) is 7.96. The predicted molar refractivity (Wildman–Crippen MR) is 105 cm³/mol. The van der Waals surface area contributed by atoms with E-state index in [0.29, 0.717) is 6.54 Å². The molecule has 132 valence electrons. The minimum Gasteiger partial charge on any atom is -0.390 e. The smallest absolute Gasteiger partial charge is 0.0845 e. The number of nitrogens with zero attached hydrogens (tertiary/aromatic N) is 2. The van der Waals surface area contributed by atoms with Crippen LogP contribution < -0.4 is 0 Å². The quantitative estimate of drug-likeness (QED) is 0.776. The lowest BCUT2D eigenvalue weighted by Crippen LogP contribution is -2.43. The van der Waals surface area contributed by atoms with Crippen molar-refractivity contribution in [2.75, 3.05) is 19.6 Å². The van der Waals surface area contributed by atoms with Crippen LogP contribution in [0.1, 0.15) is 20.3 Å². The molecule has 3 nitrogen and oxygen atoms in total. The van der Waals surface area contributed by atoms with Crippen molar-refractivity contribution in [3.8, 4) is 0 Å². The Bertz CT molecular complexity index is 805. The monoisotopic (exact) mass is 336 g/mol. The summed E-state index contributed by atoms with van der Waals surface area (Å²) in [6, 6.07) is 17.0. The summed E-state index contributed by atoms with van der Waals surface area (Å²) in [5, 5.41) is 13.3. The van der Waals surface area contributed by atoms with Gasteiger partial charge in [-0.2, -0.15) is 0 Å². The molecular weight excluding hydrogens is 308 g/mol. The maximum atomic E-state index is 10.8. The highest BCUT2D eigenvalue weighted by Gasteiger charge is 2.24. The summed E-state index contributed by atoms with van der Waals surface area (Å²) in [5.41, 5.74) is 2.42. The molecule has 0 spiro atoms. The van der Waals surface area contributed by atoms with Gasteiger partial charge in [0.1, 0.15) is 0 Å². The lowest BCUT2D eigenvalue weighted by molar-refractivity contribution is 0.0626. The molecule has 1 aliphatic rings. The molecule has 3 aromatic rings. The zero-order chi connectivity index (χ0) is 17.4. The standard InChI is InChI=1S/C22H28N2O/c1-16-11-17(2)13-23(12-16)14-18(25)15-24-21-9-5-3-7-19(21)20-8-4-6-10-22(20)24/h3-10,16-18,25H,11-15H2,1-2H3/t16-,17-,18+/m1/s1. The first-order valence-corrected chi connectivity index (χ1v) is 9.48. The number of aliphatic hydroxyl groups is 1. The van der Waals surface area contributed by atoms with Gasteiger partial charge in [0.15, 0.2) is 0 Å². The summed E-state index contributed by atoms with van der Waals surface area (Å²) < 4.78 is 2.28. The highest BCUT2D eigenvalue weighted by Crippen LogP contribution is 2.29. The summed E-state index contributed by atoms with van der Waals surface area (Å²) in [7, 11) is 0. The van der Waals surface area contributed by atoms with E-state index in [-0.39, 0.29) is 6.10 Å². The lowest BCUT2D eigenvalue weighted by atomic mass is 9.92. The fourth-order valence-electron chi connectivity index (χ4n) is 4.71. The zero-order valence-corrected chi connectivity index (χ0v) is 15.2. The van der Waals surface area contributed by atoms with Gasteiger partial charge in [0, 0.05) is 41.4 Å². The number of benzene rings is 2. The van der Waals surface area contributed by atoms with Gasteiger partial charge in [-0.1, -0.05) is 50.2 Å². The van der Waals surface area contributed by atoms with E-state index in [0.717, 1.165) is 31.5 Å². The van der Waals surface area contributed by atoms with Crippen molar-refractivity contribution in [3.63, 3.8) is 0 Å². The molecule has 1 saturated heterocycles. The summed E-state index contributed by atoms with van der Waals surface area (Å²) >= 11 is 0. The van der Waals surface area contributed by atoms with Crippen molar-refractivity contribution in [3.05, 3.63) is 48.5 Å². The van der Waals surface area contributed by atoms with Crippen LogP contribution in [0.4, 0.5) is 0 Å². The number of rotatable bonds is 4. The van der Waals surface area contributed by atoms with Crippen molar-refractivity contribution >= 4 is 21.8 Å². The molecule has 0 bridgehead atoms. The molecule has 3 heteroatoms. The molecule has 0 unspecified atom stereocenters. The third kappa shape index (κ3) is 3.31. The molecule has 1 aromatic heterocycles. The molecule has 1 aliphatic heterocycles. The van der Waals surface area contributed by atoms with E-state index in [4.69, 9.17) is 0 Å². The number of hydrogen-bond donors (Lipinski definition) is 1. The van der Waals surface area contributed by atoms with Gasteiger partial charge in [-0.15, -0.1) is 0 Å². The summed E-state index contributed by atoms with van der Waals surface area (Å²) in [6.45, 7) is 8.26. The highest BCUT2D eigenvalue weighted by atomic mass is 16.3. The molecule has 0 amide bonds. The Morgan fingerprint density at radius 3 is 1.96 bits per heavy atom. The van der Waals surface area contributed by atoms with E-state index in [2.05, 4.69) is 71.8 Å². The summed E-state index contributed by atoms with van der Waals surface area (Å²) in [4.78, 5) is 2.44. The summed E-state index contributed by atoms with van der Waals surface area (Å²) in [5.74, 6) is 1.45. The van der Waals surface area contributed by atoms with Crippen LogP contribution in [0.25, 0.3) is 21.8 Å². The predicted octanol–water partition coefficient (Wildman–Crippen LogP) is 4.13. The van der Waals surface area contributed by atoms with Crippen molar-refractivity contribution in [2.24, 2.45) is 11.8 Å². The van der Waals surface area contributed by atoms with Gasteiger partial charge in [0.2, 0.25) is 0 Å². The Labute approximate surface area is 149 Å². The van der Waals surface area contributed by atoms with Crippen LogP contribution in [-0.2, 0) is 6.54 Å². The SMILES string of the molecule is C[C@@H]1C[C@@H](C)CN(C[C@H](O)Cn2c3ccccc3c3ccccc32)C1. The van der Waals surface area contributed by atoms with Crippen molar-refractivity contribution in [1.29, 1.82) is 0 Å². The number of para-hydroxylation sites is 2. The van der Waals surface area contributed by atoms with Gasteiger partial charge in [0.25, 0.3) is 0 Å². The number of fused-ring (bicyclic) bond motifs is 3. The molecule has 1 fully saturated rings. The van der Waals surface area contributed by atoms with Gasteiger partial charge < -0.3 is 14.6 Å². The number of hydrogen-bond acceptors (Lipinski definition) is 2. The Kier molecular flexibility index (Phi) is 4.53. The number of piperidine rings is 1. The van der Waals surface area contributed by atoms with Crippen LogP contribution in [0, 0.1) is 11.8 Å². The number of aromatic nitrogens is 1. The van der Waals surface area contributed by atoms with Crippen LogP contribution in [-0.4, -0.2) is 40.3 Å². The molecule has 3 atom stereocenters. The van der Waals surface area contributed by atoms with E-state index in [1.807, 2.05) is 0 Å². The second kappa shape index (κ2) is 6.81. The minimum atomic E-state index is -0.350. The first-order valence-electron chi connectivity index (χ1n) is 9.48. The maximum absolute atomic E-state index is 10.8. The fraction of sp³-hybridized carbons (Fsp3) is 0.455. The Morgan fingerprint density at radius 1 is 0.880 bits per heavy atom. The van der Waals surface area contributed by atoms with E-state index in [1.54, 1.807) is 0 Å². The van der Waals surface area contributed by atoms with E-state index < -0.39 is 0 Å². The van der Waals surface area contributed by atoms with Crippen LogP contribution in [0.5, 0.6) is 0 Å². The molecule has 25 heavy (non-hydrogen) atoms. The van der Waals surface area contributed by atoms with Crippen LogP contribution in [0.2, 0.25) is 0 Å². The van der Waals surface area contributed by atoms with Gasteiger partial charge in [0.05, 0.1) is 12.6 Å². The largest absolute Gasteiger partial charge is 0.390 e. The molecule has 1 N–H and O–H groups in total. The number of β-amino-alcohol motifs (C(OH)–C–C–N with tert-alkyl or cyclic N) is 1. The second-order valence-corrected chi connectivity index (χ2v) is 7.96. The highest BCUT2D eigenvalue weighted by molar-refractivity contribution is 6.07. The van der Waals surface area contributed by atoms with Gasteiger partial charge in [-0.3, -0.25) is 0 Å². The molecule has 0 radical (unpaired) electrons. The van der Waals surface area contributed by atoms with E-state index >= 15 is 0 Å². The van der Waals surface area contributed by atoms with Crippen molar-refractivity contribution < 1.29 is 5.11 Å². The normalized spacial score (nSPS) is 23.3. The fourth-order valence-corrected chi connectivity index (χ4v) is 4.71. The third-order valence-corrected chi connectivity index (χ3v) is 5.49. The lowest BCUT2D eigenvalue weighted by Gasteiger charge is -2.36. The molecule has 2 aromatic carbocycles. The Hall–Kier alpha value is -1.84. The molecule has 4 rings (SSSR count). The number of likely N-dealkylation sites (tertiary alicyclic amines) is 1.